The smallest absolute Gasteiger partial charge is 0.246 e. The van der Waals surface area contributed by atoms with Gasteiger partial charge in [0, 0.05) is 13.1 Å². The van der Waals surface area contributed by atoms with Gasteiger partial charge in [0.2, 0.25) is 17.7 Å². The molecule has 2 saturated heterocycles. The summed E-state index contributed by atoms with van der Waals surface area (Å²) in [4.78, 5) is 42.0. The molecule has 5 atom stereocenters. The summed E-state index contributed by atoms with van der Waals surface area (Å²) in [6.45, 7) is 4.10. The summed E-state index contributed by atoms with van der Waals surface area (Å²) in [6, 6.07) is -0.641. The van der Waals surface area contributed by atoms with Crippen molar-refractivity contribution in [2.24, 2.45) is 23.7 Å². The van der Waals surface area contributed by atoms with Gasteiger partial charge in [-0.3, -0.25) is 19.3 Å². The number of carbonyl (C=O) groups is 3. The number of nitrogens with zero attached hydrogens (tertiary/aromatic N) is 2. The highest BCUT2D eigenvalue weighted by Gasteiger charge is 2.61. The zero-order valence-electron chi connectivity index (χ0n) is 14.0. The van der Waals surface area contributed by atoms with Gasteiger partial charge in [0.1, 0.15) is 6.04 Å². The quantitative estimate of drug-likeness (QED) is 0.565. The van der Waals surface area contributed by atoms with E-state index >= 15 is 0 Å². The molecule has 2 aliphatic heterocycles. The van der Waals surface area contributed by atoms with Crippen molar-refractivity contribution in [1.29, 1.82) is 0 Å². The Morgan fingerprint density at radius 2 is 1.75 bits per heavy atom. The van der Waals surface area contributed by atoms with Gasteiger partial charge in [-0.2, -0.15) is 0 Å². The summed E-state index contributed by atoms with van der Waals surface area (Å²) in [5, 5.41) is 0. The summed E-state index contributed by atoms with van der Waals surface area (Å²) in [7, 11) is 0. The zero-order chi connectivity index (χ0) is 16.8. The van der Waals surface area contributed by atoms with E-state index in [1.165, 1.54) is 4.90 Å². The maximum Gasteiger partial charge on any atom is 0.246 e. The van der Waals surface area contributed by atoms with Crippen molar-refractivity contribution in [3.63, 3.8) is 0 Å². The highest BCUT2D eigenvalue weighted by Crippen LogP contribution is 2.53. The third-order valence-corrected chi connectivity index (χ3v) is 5.99. The lowest BCUT2D eigenvalue weighted by atomic mass is 9.85. The summed E-state index contributed by atoms with van der Waals surface area (Å²) >= 11 is 0. The number of carbonyl (C=O) groups excluding carboxylic acids is 3. The zero-order valence-corrected chi connectivity index (χ0v) is 14.0. The van der Waals surface area contributed by atoms with Crippen LogP contribution in [0, 0.1) is 23.7 Å². The largest absolute Gasteiger partial charge is 0.378 e. The van der Waals surface area contributed by atoms with Gasteiger partial charge in [0.15, 0.2) is 0 Å². The molecule has 0 aromatic carbocycles. The Kier molecular flexibility index (Phi) is 3.95. The van der Waals surface area contributed by atoms with Crippen molar-refractivity contribution in [2.45, 2.75) is 32.2 Å². The number of rotatable bonds is 4. The standard InChI is InChI=1S/C18H24N2O4/c1-2-3-13(16(21)19-6-8-24-9-7-19)20-17(22)14-11-4-5-12(10-11)15(14)18(20)23/h4-5,11-15H,2-3,6-10H2,1H3/t11-,12-,13-,14-,15+/m0/s1. The van der Waals surface area contributed by atoms with Gasteiger partial charge in [0.05, 0.1) is 25.0 Å². The molecule has 0 aromatic rings. The van der Waals surface area contributed by atoms with Crippen LogP contribution < -0.4 is 0 Å². The molecule has 2 bridgehead atoms. The van der Waals surface area contributed by atoms with Crippen LogP contribution in [0.5, 0.6) is 0 Å². The molecule has 2 heterocycles. The minimum atomic E-state index is -0.641. The van der Waals surface area contributed by atoms with E-state index < -0.39 is 6.04 Å². The van der Waals surface area contributed by atoms with Crippen LogP contribution in [0.15, 0.2) is 12.2 Å². The van der Waals surface area contributed by atoms with Gasteiger partial charge in [-0.1, -0.05) is 25.5 Å². The van der Waals surface area contributed by atoms with E-state index in [1.807, 2.05) is 6.92 Å². The second-order valence-corrected chi connectivity index (χ2v) is 7.29. The molecule has 0 unspecified atom stereocenters. The average molecular weight is 332 g/mol. The molecule has 1 saturated carbocycles. The number of fused-ring (bicyclic) bond motifs is 5. The summed E-state index contributed by atoms with van der Waals surface area (Å²) in [5.74, 6) is -0.441. The van der Waals surface area contributed by atoms with Crippen molar-refractivity contribution in [1.82, 2.24) is 9.80 Å². The number of ether oxygens (including phenoxy) is 1. The van der Waals surface area contributed by atoms with E-state index in [-0.39, 0.29) is 41.4 Å². The Bertz CT molecular complexity index is 566. The maximum atomic E-state index is 13.0. The van der Waals surface area contributed by atoms with Crippen LogP contribution in [0.1, 0.15) is 26.2 Å². The molecule has 4 rings (SSSR count). The third kappa shape index (κ3) is 2.23. The van der Waals surface area contributed by atoms with E-state index in [0.29, 0.717) is 32.7 Å². The van der Waals surface area contributed by atoms with Gasteiger partial charge in [0.25, 0.3) is 0 Å². The molecule has 0 radical (unpaired) electrons. The Labute approximate surface area is 141 Å². The van der Waals surface area contributed by atoms with Crippen LogP contribution in [0.4, 0.5) is 0 Å². The first kappa shape index (κ1) is 15.8. The van der Waals surface area contributed by atoms with E-state index in [0.717, 1.165) is 12.8 Å². The minimum Gasteiger partial charge on any atom is -0.378 e. The Morgan fingerprint density at radius 3 is 2.29 bits per heavy atom. The Morgan fingerprint density at radius 1 is 1.17 bits per heavy atom. The van der Waals surface area contributed by atoms with Crippen LogP contribution in [0.25, 0.3) is 0 Å². The molecule has 4 aliphatic rings. The molecule has 6 heteroatoms. The first-order chi connectivity index (χ1) is 11.6. The molecule has 130 valence electrons. The topological polar surface area (TPSA) is 66.9 Å². The number of likely N-dealkylation sites (tertiary alicyclic amines) is 1. The molecule has 2 aliphatic carbocycles. The summed E-state index contributed by atoms with van der Waals surface area (Å²) < 4.78 is 5.30. The van der Waals surface area contributed by atoms with Crippen molar-refractivity contribution >= 4 is 17.7 Å². The molecular weight excluding hydrogens is 308 g/mol. The van der Waals surface area contributed by atoms with Crippen LogP contribution in [0.2, 0.25) is 0 Å². The van der Waals surface area contributed by atoms with Crippen LogP contribution >= 0.6 is 0 Å². The fraction of sp³-hybridized carbons (Fsp3) is 0.722. The molecule has 0 aromatic heterocycles. The first-order valence-electron chi connectivity index (χ1n) is 9.05. The summed E-state index contributed by atoms with van der Waals surface area (Å²) in [6.07, 6.45) is 6.38. The van der Waals surface area contributed by atoms with Crippen molar-refractivity contribution < 1.29 is 19.1 Å². The second-order valence-electron chi connectivity index (χ2n) is 7.29. The highest BCUT2D eigenvalue weighted by atomic mass is 16.5. The number of amides is 3. The van der Waals surface area contributed by atoms with Gasteiger partial charge in [-0.05, 0) is 24.7 Å². The van der Waals surface area contributed by atoms with Crippen LogP contribution in [0.3, 0.4) is 0 Å². The van der Waals surface area contributed by atoms with Crippen LogP contribution in [-0.2, 0) is 19.1 Å². The lowest BCUT2D eigenvalue weighted by Crippen LogP contribution is -2.54. The van der Waals surface area contributed by atoms with Gasteiger partial charge in [-0.25, -0.2) is 0 Å². The van der Waals surface area contributed by atoms with E-state index in [4.69, 9.17) is 4.74 Å². The maximum absolute atomic E-state index is 13.0. The first-order valence-corrected chi connectivity index (χ1v) is 9.05. The second kappa shape index (κ2) is 5.99. The van der Waals surface area contributed by atoms with Crippen molar-refractivity contribution in [3.05, 3.63) is 12.2 Å². The van der Waals surface area contributed by atoms with Crippen molar-refractivity contribution in [3.8, 4) is 0 Å². The molecule has 0 N–H and O–H groups in total. The number of allylic oxidation sites excluding steroid dienone is 2. The Balaban J connectivity index is 1.58. The monoisotopic (exact) mass is 332 g/mol. The molecule has 3 fully saturated rings. The predicted molar refractivity (Wildman–Crippen MR) is 85.7 cm³/mol. The Hall–Kier alpha value is -1.69. The van der Waals surface area contributed by atoms with E-state index in [1.54, 1.807) is 4.90 Å². The molecule has 6 nitrogen and oxygen atoms in total. The minimum absolute atomic E-state index is 0.0953. The predicted octanol–water partition coefficient (Wildman–Crippen LogP) is 0.821. The van der Waals surface area contributed by atoms with E-state index in [2.05, 4.69) is 12.2 Å². The fourth-order valence-electron chi connectivity index (χ4n) is 4.86. The normalized spacial score (nSPS) is 35.7. The molecule has 24 heavy (non-hydrogen) atoms. The third-order valence-electron chi connectivity index (χ3n) is 5.99. The highest BCUT2D eigenvalue weighted by molar-refractivity contribution is 6.09. The van der Waals surface area contributed by atoms with Gasteiger partial charge in [-0.15, -0.1) is 0 Å². The lowest BCUT2D eigenvalue weighted by Gasteiger charge is -2.34. The number of hydrogen-bond acceptors (Lipinski definition) is 4. The lowest BCUT2D eigenvalue weighted by molar-refractivity contribution is -0.154. The van der Waals surface area contributed by atoms with Gasteiger partial charge < -0.3 is 9.64 Å². The van der Waals surface area contributed by atoms with Crippen LogP contribution in [-0.4, -0.2) is 59.9 Å². The SMILES string of the molecule is CCC[C@@H](C(=O)N1CCOCC1)N1C(=O)[C@@H]2[C@H](C1=O)[C@H]1C=C[C@H]2C1. The fourth-order valence-corrected chi connectivity index (χ4v) is 4.86. The number of hydrogen-bond donors (Lipinski definition) is 0. The number of imide groups is 1. The van der Waals surface area contributed by atoms with Gasteiger partial charge >= 0.3 is 0 Å². The number of morpholine rings is 1. The molecule has 0 spiro atoms. The summed E-state index contributed by atoms with van der Waals surface area (Å²) in [5.41, 5.74) is 0. The van der Waals surface area contributed by atoms with E-state index in [9.17, 15) is 14.4 Å². The van der Waals surface area contributed by atoms with Crippen molar-refractivity contribution in [2.75, 3.05) is 26.3 Å². The molecular formula is C18H24N2O4. The molecule has 3 amide bonds. The average Bonchev–Trinajstić information content (AvgIpc) is 3.28.